The Balaban J connectivity index is 1.39. The third-order valence-electron chi connectivity index (χ3n) is 5.66. The molecule has 3 amide bonds. The van der Waals surface area contributed by atoms with E-state index in [4.69, 9.17) is 0 Å². The van der Waals surface area contributed by atoms with Crippen molar-refractivity contribution < 1.29 is 14.4 Å². The average Bonchev–Trinajstić information content (AvgIpc) is 3.11. The Labute approximate surface area is 179 Å². The van der Waals surface area contributed by atoms with Crippen molar-refractivity contribution in [3.8, 4) is 0 Å². The molecule has 154 valence electrons. The van der Waals surface area contributed by atoms with Crippen LogP contribution >= 0.6 is 0 Å². The predicted molar refractivity (Wildman–Crippen MR) is 114 cm³/mol. The highest BCUT2D eigenvalue weighted by Gasteiger charge is 2.47. The first-order chi connectivity index (χ1) is 15.1. The number of nitrogens with zero attached hydrogens (tertiary/aromatic N) is 3. The van der Waals surface area contributed by atoms with E-state index in [0.29, 0.717) is 23.4 Å². The molecule has 1 N–H and O–H groups in total. The lowest BCUT2D eigenvalue weighted by Gasteiger charge is -2.40. The van der Waals surface area contributed by atoms with Crippen LogP contribution in [0.4, 0.5) is 5.69 Å². The number of para-hydroxylation sites is 1. The average molecular weight is 412 g/mol. The van der Waals surface area contributed by atoms with Gasteiger partial charge in [-0.05, 0) is 30.3 Å². The molecular formula is C24H20N4O3. The second-order valence-electron chi connectivity index (χ2n) is 7.50. The fourth-order valence-electron chi connectivity index (χ4n) is 4.20. The Kier molecular flexibility index (Phi) is 4.71. The quantitative estimate of drug-likeness (QED) is 0.699. The summed E-state index contributed by atoms with van der Waals surface area (Å²) in [5.41, 5.74) is 3.20. The van der Waals surface area contributed by atoms with E-state index in [9.17, 15) is 14.4 Å². The van der Waals surface area contributed by atoms with Crippen LogP contribution in [0.3, 0.4) is 0 Å². The molecule has 2 aromatic carbocycles. The van der Waals surface area contributed by atoms with Gasteiger partial charge in [-0.1, -0.05) is 36.4 Å². The maximum atomic E-state index is 13.3. The largest absolute Gasteiger partial charge is 0.350 e. The van der Waals surface area contributed by atoms with Crippen LogP contribution in [0.5, 0.6) is 0 Å². The van der Waals surface area contributed by atoms with Crippen LogP contribution in [0.2, 0.25) is 0 Å². The van der Waals surface area contributed by atoms with Gasteiger partial charge in [-0.2, -0.15) is 0 Å². The van der Waals surface area contributed by atoms with E-state index >= 15 is 0 Å². The normalized spacial score (nSPS) is 16.6. The number of pyridine rings is 1. The third kappa shape index (κ3) is 3.24. The first-order valence-corrected chi connectivity index (χ1v) is 10.1. The molecule has 0 aliphatic carbocycles. The third-order valence-corrected chi connectivity index (χ3v) is 5.66. The van der Waals surface area contributed by atoms with Crippen LogP contribution in [0.25, 0.3) is 0 Å². The summed E-state index contributed by atoms with van der Waals surface area (Å²) < 4.78 is 0. The summed E-state index contributed by atoms with van der Waals surface area (Å²) in [6, 6.07) is 20.0. The zero-order valence-corrected chi connectivity index (χ0v) is 16.7. The molecule has 3 aromatic rings. The van der Waals surface area contributed by atoms with Crippen molar-refractivity contribution in [2.45, 2.75) is 19.1 Å². The van der Waals surface area contributed by atoms with Gasteiger partial charge in [0.15, 0.2) is 0 Å². The number of hydrogen-bond acceptors (Lipinski definition) is 4. The van der Waals surface area contributed by atoms with E-state index in [1.54, 1.807) is 40.3 Å². The molecule has 5 rings (SSSR count). The Bertz CT molecular complexity index is 1180. The van der Waals surface area contributed by atoms with Crippen molar-refractivity contribution >= 4 is 23.4 Å². The van der Waals surface area contributed by atoms with Gasteiger partial charge in [-0.25, -0.2) is 0 Å². The number of nitrogens with one attached hydrogen (secondary N) is 1. The SMILES string of the molecule is O=C(CCN1C(=O)c2ccccc2N2C(=O)c3ccccc3[C@H]12)NCc1ccccn1. The maximum absolute atomic E-state index is 13.3. The molecule has 1 aromatic heterocycles. The van der Waals surface area contributed by atoms with Crippen LogP contribution in [-0.4, -0.2) is 34.2 Å². The molecule has 0 unspecified atom stereocenters. The van der Waals surface area contributed by atoms with E-state index in [0.717, 1.165) is 11.3 Å². The lowest BCUT2D eigenvalue weighted by Crippen LogP contribution is -2.49. The second kappa shape index (κ2) is 7.68. The smallest absolute Gasteiger partial charge is 0.260 e. The lowest BCUT2D eigenvalue weighted by molar-refractivity contribution is -0.121. The highest BCUT2D eigenvalue weighted by atomic mass is 16.2. The number of carbonyl (C=O) groups excluding carboxylic acids is 3. The maximum Gasteiger partial charge on any atom is 0.260 e. The van der Waals surface area contributed by atoms with Crippen molar-refractivity contribution in [3.05, 3.63) is 95.3 Å². The summed E-state index contributed by atoms with van der Waals surface area (Å²) >= 11 is 0. The fourth-order valence-corrected chi connectivity index (χ4v) is 4.20. The monoisotopic (exact) mass is 412 g/mol. The fraction of sp³-hybridized carbons (Fsp3) is 0.167. The van der Waals surface area contributed by atoms with E-state index < -0.39 is 6.17 Å². The standard InChI is InChI=1S/C24H20N4O3/c29-21(26-15-16-7-5-6-13-25-16)12-14-27-22-17-8-1-2-9-18(17)24(31)28(22)20-11-4-3-10-19(20)23(27)30/h1-11,13,22H,12,14-15H2,(H,26,29)/t22-/m1/s1. The Morgan fingerprint density at radius 3 is 2.45 bits per heavy atom. The lowest BCUT2D eigenvalue weighted by atomic mass is 10.0. The number of hydrogen-bond donors (Lipinski definition) is 1. The summed E-state index contributed by atoms with van der Waals surface area (Å²) in [7, 11) is 0. The minimum absolute atomic E-state index is 0.126. The summed E-state index contributed by atoms with van der Waals surface area (Å²) in [4.78, 5) is 46.4. The molecule has 0 bridgehead atoms. The zero-order chi connectivity index (χ0) is 21.4. The van der Waals surface area contributed by atoms with E-state index in [-0.39, 0.29) is 30.7 Å². The summed E-state index contributed by atoms with van der Waals surface area (Å²) in [6.07, 6.45) is 1.25. The van der Waals surface area contributed by atoms with Gasteiger partial charge in [0.1, 0.15) is 6.17 Å². The minimum Gasteiger partial charge on any atom is -0.350 e. The highest BCUT2D eigenvalue weighted by Crippen LogP contribution is 2.45. The van der Waals surface area contributed by atoms with Crippen molar-refractivity contribution in [2.75, 3.05) is 11.4 Å². The van der Waals surface area contributed by atoms with E-state index in [1.807, 2.05) is 42.5 Å². The molecule has 2 aliphatic rings. The number of amides is 3. The predicted octanol–water partition coefficient (Wildman–Crippen LogP) is 2.90. The molecule has 0 radical (unpaired) electrons. The molecule has 7 nitrogen and oxygen atoms in total. The Morgan fingerprint density at radius 1 is 0.903 bits per heavy atom. The first kappa shape index (κ1) is 19.0. The van der Waals surface area contributed by atoms with Gasteiger partial charge < -0.3 is 10.2 Å². The summed E-state index contributed by atoms with van der Waals surface area (Å²) in [5.74, 6) is -0.495. The minimum atomic E-state index is -0.547. The number of rotatable bonds is 5. The molecule has 31 heavy (non-hydrogen) atoms. The molecule has 0 spiro atoms. The highest BCUT2D eigenvalue weighted by molar-refractivity contribution is 6.16. The topological polar surface area (TPSA) is 82.6 Å². The van der Waals surface area contributed by atoms with Gasteiger partial charge in [0.25, 0.3) is 11.8 Å². The Morgan fingerprint density at radius 2 is 1.65 bits per heavy atom. The molecule has 0 saturated carbocycles. The van der Waals surface area contributed by atoms with Crippen molar-refractivity contribution in [3.63, 3.8) is 0 Å². The molecular weight excluding hydrogens is 392 g/mol. The van der Waals surface area contributed by atoms with Gasteiger partial charge in [-0.3, -0.25) is 24.3 Å². The van der Waals surface area contributed by atoms with Crippen molar-refractivity contribution in [1.29, 1.82) is 0 Å². The van der Waals surface area contributed by atoms with Crippen LogP contribution in [-0.2, 0) is 11.3 Å². The molecule has 1 atom stereocenters. The van der Waals surface area contributed by atoms with E-state index in [1.165, 1.54) is 0 Å². The first-order valence-electron chi connectivity index (χ1n) is 10.1. The number of carbonyl (C=O) groups is 3. The van der Waals surface area contributed by atoms with Gasteiger partial charge >= 0.3 is 0 Å². The summed E-state index contributed by atoms with van der Waals surface area (Å²) in [5, 5.41) is 2.84. The molecule has 0 saturated heterocycles. The van der Waals surface area contributed by atoms with Gasteiger partial charge in [0, 0.05) is 30.3 Å². The zero-order valence-electron chi connectivity index (χ0n) is 16.7. The molecule has 2 aliphatic heterocycles. The number of anilines is 1. The summed E-state index contributed by atoms with van der Waals surface area (Å²) in [6.45, 7) is 0.525. The molecule has 3 heterocycles. The van der Waals surface area contributed by atoms with Gasteiger partial charge in [0.05, 0.1) is 23.5 Å². The van der Waals surface area contributed by atoms with E-state index in [2.05, 4.69) is 10.3 Å². The number of fused-ring (bicyclic) bond motifs is 5. The second-order valence-corrected chi connectivity index (χ2v) is 7.50. The van der Waals surface area contributed by atoms with Crippen LogP contribution in [0.1, 0.15) is 44.6 Å². The molecule has 7 heteroatoms. The van der Waals surface area contributed by atoms with Crippen LogP contribution in [0.15, 0.2) is 72.9 Å². The van der Waals surface area contributed by atoms with Crippen LogP contribution < -0.4 is 10.2 Å². The number of benzene rings is 2. The van der Waals surface area contributed by atoms with Gasteiger partial charge in [0.2, 0.25) is 5.91 Å². The molecule has 0 fully saturated rings. The Hall–Kier alpha value is -4.00. The van der Waals surface area contributed by atoms with Gasteiger partial charge in [-0.15, -0.1) is 0 Å². The van der Waals surface area contributed by atoms with Crippen molar-refractivity contribution in [2.24, 2.45) is 0 Å². The number of aromatic nitrogens is 1. The van der Waals surface area contributed by atoms with Crippen molar-refractivity contribution in [1.82, 2.24) is 15.2 Å². The van der Waals surface area contributed by atoms with Crippen LogP contribution in [0, 0.1) is 0 Å².